The SMILES string of the molecule is CCC1(C)C(=O)NC2(COC2)c2ccc(C)nc21. The molecule has 1 N–H and O–H groups in total. The summed E-state index contributed by atoms with van der Waals surface area (Å²) in [5.74, 6) is 0.0684. The van der Waals surface area contributed by atoms with Crippen LogP contribution in [0.25, 0.3) is 0 Å². The van der Waals surface area contributed by atoms with Crippen LogP contribution < -0.4 is 5.32 Å². The van der Waals surface area contributed by atoms with E-state index in [4.69, 9.17) is 4.74 Å². The second kappa shape index (κ2) is 3.54. The fraction of sp³-hybridized carbons (Fsp3) is 0.571. The van der Waals surface area contributed by atoms with Gasteiger partial charge in [-0.05, 0) is 26.3 Å². The van der Waals surface area contributed by atoms with E-state index in [-0.39, 0.29) is 11.4 Å². The molecule has 0 radical (unpaired) electrons. The first kappa shape index (κ1) is 11.7. The number of fused-ring (bicyclic) bond motifs is 2. The summed E-state index contributed by atoms with van der Waals surface area (Å²) in [6.07, 6.45) is 0.749. The van der Waals surface area contributed by atoms with Gasteiger partial charge < -0.3 is 10.1 Å². The number of rotatable bonds is 1. The van der Waals surface area contributed by atoms with E-state index < -0.39 is 5.41 Å². The van der Waals surface area contributed by atoms with Crippen molar-refractivity contribution in [1.29, 1.82) is 0 Å². The van der Waals surface area contributed by atoms with Crippen LogP contribution in [0.1, 0.15) is 37.2 Å². The first-order valence-electron chi connectivity index (χ1n) is 6.41. The lowest BCUT2D eigenvalue weighted by molar-refractivity contribution is -0.142. The molecule has 0 aliphatic carbocycles. The van der Waals surface area contributed by atoms with Crippen LogP contribution in [0.3, 0.4) is 0 Å². The van der Waals surface area contributed by atoms with Gasteiger partial charge in [-0.15, -0.1) is 0 Å². The summed E-state index contributed by atoms with van der Waals surface area (Å²) in [6, 6.07) is 4.10. The molecule has 1 fully saturated rings. The number of carbonyl (C=O) groups is 1. The molecule has 0 aromatic carbocycles. The third-order valence-corrected chi connectivity index (χ3v) is 4.33. The Balaban J connectivity index is 2.23. The number of aromatic nitrogens is 1. The minimum Gasteiger partial charge on any atom is -0.376 e. The van der Waals surface area contributed by atoms with Gasteiger partial charge in [0, 0.05) is 11.3 Å². The van der Waals surface area contributed by atoms with E-state index >= 15 is 0 Å². The largest absolute Gasteiger partial charge is 0.376 e. The van der Waals surface area contributed by atoms with E-state index in [9.17, 15) is 4.79 Å². The summed E-state index contributed by atoms with van der Waals surface area (Å²) >= 11 is 0. The Morgan fingerprint density at radius 3 is 2.72 bits per heavy atom. The highest BCUT2D eigenvalue weighted by molar-refractivity contribution is 5.90. The van der Waals surface area contributed by atoms with Gasteiger partial charge in [0.15, 0.2) is 0 Å². The summed E-state index contributed by atoms with van der Waals surface area (Å²) in [6.45, 7) is 7.07. The predicted molar refractivity (Wildman–Crippen MR) is 67.3 cm³/mol. The van der Waals surface area contributed by atoms with Crippen molar-refractivity contribution in [2.75, 3.05) is 13.2 Å². The molecule has 2 aliphatic heterocycles. The number of ether oxygens (including phenoxy) is 1. The lowest BCUT2D eigenvalue weighted by Crippen LogP contribution is -2.66. The molecule has 0 saturated carbocycles. The molecule has 3 heterocycles. The van der Waals surface area contributed by atoms with Gasteiger partial charge in [0.05, 0.1) is 24.3 Å². The third-order valence-electron chi connectivity index (χ3n) is 4.33. The van der Waals surface area contributed by atoms with Gasteiger partial charge in [0.25, 0.3) is 0 Å². The maximum Gasteiger partial charge on any atom is 0.232 e. The number of nitrogens with zero attached hydrogens (tertiary/aromatic N) is 1. The van der Waals surface area contributed by atoms with Gasteiger partial charge in [-0.25, -0.2) is 0 Å². The normalized spacial score (nSPS) is 28.5. The number of hydrogen-bond donors (Lipinski definition) is 1. The first-order valence-corrected chi connectivity index (χ1v) is 6.41. The average molecular weight is 246 g/mol. The molecule has 18 heavy (non-hydrogen) atoms. The maximum absolute atomic E-state index is 12.4. The van der Waals surface area contributed by atoms with E-state index in [1.807, 2.05) is 26.8 Å². The lowest BCUT2D eigenvalue weighted by Gasteiger charge is -2.49. The fourth-order valence-corrected chi connectivity index (χ4v) is 2.76. The molecule has 1 aromatic heterocycles. The number of aryl methyl sites for hydroxylation is 1. The Morgan fingerprint density at radius 1 is 1.44 bits per heavy atom. The topological polar surface area (TPSA) is 51.2 Å². The van der Waals surface area contributed by atoms with Crippen molar-refractivity contribution < 1.29 is 9.53 Å². The van der Waals surface area contributed by atoms with Crippen LogP contribution in [0.5, 0.6) is 0 Å². The second-order valence-corrected chi connectivity index (χ2v) is 5.56. The van der Waals surface area contributed by atoms with Crippen LogP contribution in [0.15, 0.2) is 12.1 Å². The van der Waals surface area contributed by atoms with Crippen LogP contribution in [-0.4, -0.2) is 24.1 Å². The number of carbonyl (C=O) groups excluding carboxylic acids is 1. The maximum atomic E-state index is 12.4. The highest BCUT2D eigenvalue weighted by Gasteiger charge is 2.53. The molecule has 96 valence electrons. The van der Waals surface area contributed by atoms with Gasteiger partial charge >= 0.3 is 0 Å². The predicted octanol–water partition coefficient (Wildman–Crippen LogP) is 1.41. The molecule has 1 amide bonds. The zero-order chi connectivity index (χ0) is 13.0. The Labute approximate surface area is 107 Å². The van der Waals surface area contributed by atoms with Gasteiger partial charge in [-0.1, -0.05) is 13.0 Å². The smallest absolute Gasteiger partial charge is 0.232 e. The molecule has 1 aromatic rings. The van der Waals surface area contributed by atoms with Crippen LogP contribution in [0.2, 0.25) is 0 Å². The van der Waals surface area contributed by atoms with Crippen LogP contribution >= 0.6 is 0 Å². The quantitative estimate of drug-likeness (QED) is 0.815. The van der Waals surface area contributed by atoms with Crippen LogP contribution in [-0.2, 0) is 20.5 Å². The summed E-state index contributed by atoms with van der Waals surface area (Å²) < 4.78 is 5.31. The molecule has 1 saturated heterocycles. The average Bonchev–Trinajstić information content (AvgIpc) is 2.32. The van der Waals surface area contributed by atoms with E-state index in [1.165, 1.54) is 0 Å². The van der Waals surface area contributed by atoms with E-state index in [0.717, 1.165) is 23.4 Å². The first-order chi connectivity index (χ1) is 8.52. The molecule has 1 spiro atoms. The van der Waals surface area contributed by atoms with Crippen molar-refractivity contribution >= 4 is 5.91 Å². The Kier molecular flexibility index (Phi) is 2.29. The van der Waals surface area contributed by atoms with E-state index in [0.29, 0.717) is 13.2 Å². The molecule has 1 unspecified atom stereocenters. The minimum absolute atomic E-state index is 0.0684. The van der Waals surface area contributed by atoms with Crippen molar-refractivity contribution in [3.8, 4) is 0 Å². The van der Waals surface area contributed by atoms with Crippen molar-refractivity contribution in [3.05, 3.63) is 29.1 Å². The molecular weight excluding hydrogens is 228 g/mol. The molecule has 3 rings (SSSR count). The van der Waals surface area contributed by atoms with Gasteiger partial charge in [-0.3, -0.25) is 9.78 Å². The molecule has 1 atom stereocenters. The van der Waals surface area contributed by atoms with Crippen molar-refractivity contribution in [2.45, 2.75) is 38.1 Å². The fourth-order valence-electron chi connectivity index (χ4n) is 2.76. The minimum atomic E-state index is -0.526. The number of hydrogen-bond acceptors (Lipinski definition) is 3. The summed E-state index contributed by atoms with van der Waals surface area (Å²) in [4.78, 5) is 17.1. The van der Waals surface area contributed by atoms with E-state index in [1.54, 1.807) is 0 Å². The standard InChI is InChI=1S/C14H18N2O2/c1-4-13(3)11-10(6-5-9(2)15-11)14(7-18-8-14)16-12(13)17/h5-6H,4,7-8H2,1-3H3,(H,16,17). The Morgan fingerprint density at radius 2 is 2.17 bits per heavy atom. The van der Waals surface area contributed by atoms with Crippen molar-refractivity contribution in [2.24, 2.45) is 0 Å². The zero-order valence-electron chi connectivity index (χ0n) is 11.0. The Hall–Kier alpha value is -1.42. The van der Waals surface area contributed by atoms with Gasteiger partial charge in [-0.2, -0.15) is 0 Å². The molecule has 0 bridgehead atoms. The molecule has 4 heteroatoms. The van der Waals surface area contributed by atoms with Crippen molar-refractivity contribution in [3.63, 3.8) is 0 Å². The number of amides is 1. The third kappa shape index (κ3) is 1.29. The highest BCUT2D eigenvalue weighted by Crippen LogP contribution is 2.42. The number of nitrogens with one attached hydrogen (secondary N) is 1. The van der Waals surface area contributed by atoms with Gasteiger partial charge in [0.2, 0.25) is 5.91 Å². The second-order valence-electron chi connectivity index (χ2n) is 5.56. The van der Waals surface area contributed by atoms with Gasteiger partial charge in [0.1, 0.15) is 5.54 Å². The van der Waals surface area contributed by atoms with Crippen molar-refractivity contribution in [1.82, 2.24) is 10.3 Å². The molecular formula is C14H18N2O2. The lowest BCUT2D eigenvalue weighted by atomic mass is 9.70. The monoisotopic (exact) mass is 246 g/mol. The Bertz CT molecular complexity index is 523. The van der Waals surface area contributed by atoms with Crippen LogP contribution in [0, 0.1) is 6.92 Å². The number of pyridine rings is 1. The van der Waals surface area contributed by atoms with E-state index in [2.05, 4.69) is 16.4 Å². The summed E-state index contributed by atoms with van der Waals surface area (Å²) in [5.41, 5.74) is 2.16. The van der Waals surface area contributed by atoms with Crippen LogP contribution in [0.4, 0.5) is 0 Å². The zero-order valence-corrected chi connectivity index (χ0v) is 11.0. The molecule has 4 nitrogen and oxygen atoms in total. The highest BCUT2D eigenvalue weighted by atomic mass is 16.5. The molecule has 2 aliphatic rings. The summed E-state index contributed by atoms with van der Waals surface area (Å²) in [5, 5.41) is 3.14. The summed E-state index contributed by atoms with van der Waals surface area (Å²) in [7, 11) is 0.